The lowest BCUT2D eigenvalue weighted by Gasteiger charge is -2.20. The monoisotopic (exact) mass is 342 g/mol. The normalized spacial score (nSPS) is 10.8. The van der Waals surface area contributed by atoms with Crippen LogP contribution in [-0.4, -0.2) is 19.7 Å². The molecule has 0 amide bonds. The summed E-state index contributed by atoms with van der Waals surface area (Å²) in [6.07, 6.45) is 6.69. The second-order valence-corrected chi connectivity index (χ2v) is 5.93. The summed E-state index contributed by atoms with van der Waals surface area (Å²) in [5.74, 6) is 0.484. The van der Waals surface area contributed by atoms with Gasteiger partial charge in [0, 0.05) is 31.2 Å². The van der Waals surface area contributed by atoms with Crippen LogP contribution in [0.15, 0.2) is 85.5 Å². The van der Waals surface area contributed by atoms with Gasteiger partial charge in [0.1, 0.15) is 5.69 Å². The van der Waals surface area contributed by atoms with Crippen molar-refractivity contribution in [3.05, 3.63) is 96.6 Å². The maximum Gasteiger partial charge on any atom is 0.241 e. The van der Waals surface area contributed by atoms with E-state index in [2.05, 4.69) is 39.3 Å². The highest BCUT2D eigenvalue weighted by Crippen LogP contribution is 2.32. The highest BCUT2D eigenvalue weighted by atomic mass is 16.5. The van der Waals surface area contributed by atoms with E-state index in [9.17, 15) is 0 Å². The first-order valence-corrected chi connectivity index (χ1v) is 8.38. The average molecular weight is 342 g/mol. The van der Waals surface area contributed by atoms with Crippen molar-refractivity contribution in [3.63, 3.8) is 0 Å². The number of aryl methyl sites for hydroxylation is 1. The van der Waals surface area contributed by atoms with E-state index in [-0.39, 0.29) is 6.10 Å². The van der Waals surface area contributed by atoms with Gasteiger partial charge in [-0.25, -0.2) is 9.97 Å². The molecule has 128 valence electrons. The van der Waals surface area contributed by atoms with Gasteiger partial charge in [-0.3, -0.25) is 4.68 Å². The fraction of sp³-hybridized carbons (Fsp3) is 0.0952. The number of benzene rings is 2. The van der Waals surface area contributed by atoms with Crippen molar-refractivity contribution in [1.29, 1.82) is 0 Å². The summed E-state index contributed by atoms with van der Waals surface area (Å²) in [5.41, 5.74) is 3.66. The second-order valence-electron chi connectivity index (χ2n) is 5.93. The molecule has 2 heterocycles. The zero-order valence-electron chi connectivity index (χ0n) is 14.4. The zero-order valence-corrected chi connectivity index (χ0v) is 14.4. The Morgan fingerprint density at radius 1 is 0.846 bits per heavy atom. The van der Waals surface area contributed by atoms with Crippen LogP contribution in [0.25, 0.3) is 11.3 Å². The fourth-order valence-electron chi connectivity index (χ4n) is 2.85. The molecule has 0 saturated carbocycles. The highest BCUT2D eigenvalue weighted by Gasteiger charge is 2.20. The van der Waals surface area contributed by atoms with E-state index in [4.69, 9.17) is 4.74 Å². The van der Waals surface area contributed by atoms with Crippen molar-refractivity contribution in [1.82, 2.24) is 19.7 Å². The van der Waals surface area contributed by atoms with E-state index < -0.39 is 0 Å². The smallest absolute Gasteiger partial charge is 0.241 e. The van der Waals surface area contributed by atoms with Crippen molar-refractivity contribution in [2.45, 2.75) is 6.10 Å². The van der Waals surface area contributed by atoms with Crippen molar-refractivity contribution in [2.75, 3.05) is 0 Å². The highest BCUT2D eigenvalue weighted by molar-refractivity contribution is 5.62. The van der Waals surface area contributed by atoms with Gasteiger partial charge in [-0.05, 0) is 11.1 Å². The molecule has 0 radical (unpaired) electrons. The predicted octanol–water partition coefficient (Wildman–Crippen LogP) is 4.05. The van der Waals surface area contributed by atoms with Gasteiger partial charge < -0.3 is 4.74 Å². The van der Waals surface area contributed by atoms with Crippen LogP contribution in [0.1, 0.15) is 17.2 Å². The Morgan fingerprint density at radius 2 is 1.46 bits per heavy atom. The number of ether oxygens (including phenoxy) is 1. The third-order valence-electron chi connectivity index (χ3n) is 4.08. The molecular weight excluding hydrogens is 324 g/mol. The van der Waals surface area contributed by atoms with Crippen molar-refractivity contribution in [2.24, 2.45) is 7.05 Å². The summed E-state index contributed by atoms with van der Waals surface area (Å²) in [5, 5.41) is 4.22. The van der Waals surface area contributed by atoms with Gasteiger partial charge in [0.2, 0.25) is 5.88 Å². The molecule has 0 saturated heterocycles. The molecule has 0 aliphatic carbocycles. The molecule has 26 heavy (non-hydrogen) atoms. The molecule has 2 aromatic carbocycles. The molecule has 2 aromatic heterocycles. The van der Waals surface area contributed by atoms with Crippen LogP contribution in [-0.2, 0) is 7.05 Å². The maximum absolute atomic E-state index is 6.37. The molecule has 0 unspecified atom stereocenters. The fourth-order valence-corrected chi connectivity index (χ4v) is 2.85. The van der Waals surface area contributed by atoms with E-state index in [0.29, 0.717) is 11.6 Å². The van der Waals surface area contributed by atoms with Crippen molar-refractivity contribution < 1.29 is 4.74 Å². The van der Waals surface area contributed by atoms with E-state index in [0.717, 1.165) is 16.7 Å². The van der Waals surface area contributed by atoms with Gasteiger partial charge in [-0.1, -0.05) is 60.7 Å². The van der Waals surface area contributed by atoms with Gasteiger partial charge in [-0.15, -0.1) is 0 Å². The largest absolute Gasteiger partial charge is 0.463 e. The Kier molecular flexibility index (Phi) is 4.43. The summed E-state index contributed by atoms with van der Waals surface area (Å²) in [4.78, 5) is 8.90. The molecule has 0 atom stereocenters. The average Bonchev–Trinajstić information content (AvgIpc) is 3.14. The first-order chi connectivity index (χ1) is 12.8. The zero-order chi connectivity index (χ0) is 17.8. The minimum absolute atomic E-state index is 0.274. The van der Waals surface area contributed by atoms with Gasteiger partial charge in [0.05, 0.1) is 6.20 Å². The SMILES string of the molecule is Cn1cc(-c2nccnc2OC(c2ccccc2)c2ccccc2)cn1. The molecule has 5 nitrogen and oxygen atoms in total. The summed E-state index contributed by atoms with van der Waals surface area (Å²) >= 11 is 0. The molecule has 4 rings (SSSR count). The van der Waals surface area contributed by atoms with Crippen molar-refractivity contribution in [3.8, 4) is 17.1 Å². The van der Waals surface area contributed by atoms with Crippen LogP contribution in [0.2, 0.25) is 0 Å². The first-order valence-electron chi connectivity index (χ1n) is 8.38. The first kappa shape index (κ1) is 16.0. The molecule has 0 aliphatic rings. The molecule has 0 spiro atoms. The maximum atomic E-state index is 6.37. The summed E-state index contributed by atoms with van der Waals surface area (Å²) in [7, 11) is 1.87. The lowest BCUT2D eigenvalue weighted by atomic mass is 10.0. The Balaban J connectivity index is 1.76. The molecule has 4 aromatic rings. The van der Waals surface area contributed by atoms with Gasteiger partial charge >= 0.3 is 0 Å². The molecule has 0 bridgehead atoms. The molecular formula is C21H18N4O. The Labute approximate surface area is 151 Å². The van der Waals surface area contributed by atoms with E-state index in [1.807, 2.05) is 49.6 Å². The lowest BCUT2D eigenvalue weighted by molar-refractivity contribution is 0.237. The quantitative estimate of drug-likeness (QED) is 0.549. The third-order valence-corrected chi connectivity index (χ3v) is 4.08. The van der Waals surface area contributed by atoms with Crippen LogP contribution in [0, 0.1) is 0 Å². The van der Waals surface area contributed by atoms with Crippen LogP contribution < -0.4 is 4.74 Å². The number of hydrogen-bond acceptors (Lipinski definition) is 4. The van der Waals surface area contributed by atoms with Gasteiger partial charge in [0.15, 0.2) is 6.10 Å². The van der Waals surface area contributed by atoms with Crippen LogP contribution in [0.5, 0.6) is 5.88 Å². The molecule has 0 aliphatic heterocycles. The van der Waals surface area contributed by atoms with E-state index >= 15 is 0 Å². The number of rotatable bonds is 5. The standard InChI is InChI=1S/C21H18N4O/c1-25-15-18(14-24-25)19-21(23-13-12-22-19)26-20(16-8-4-2-5-9-16)17-10-6-3-7-11-17/h2-15,20H,1H3. The minimum atomic E-state index is -0.274. The topological polar surface area (TPSA) is 52.8 Å². The van der Waals surface area contributed by atoms with Gasteiger partial charge in [0.25, 0.3) is 0 Å². The molecule has 5 heteroatoms. The summed E-state index contributed by atoms with van der Waals surface area (Å²) in [6, 6.07) is 20.2. The molecule has 0 N–H and O–H groups in total. The third kappa shape index (κ3) is 3.32. The minimum Gasteiger partial charge on any atom is -0.463 e. The Hall–Kier alpha value is -3.47. The number of nitrogens with zero attached hydrogens (tertiary/aromatic N) is 4. The van der Waals surface area contributed by atoms with Crippen LogP contribution in [0.4, 0.5) is 0 Å². The van der Waals surface area contributed by atoms with E-state index in [1.54, 1.807) is 23.3 Å². The lowest BCUT2D eigenvalue weighted by Crippen LogP contribution is -2.11. The van der Waals surface area contributed by atoms with Crippen LogP contribution in [0.3, 0.4) is 0 Å². The second kappa shape index (κ2) is 7.19. The Bertz CT molecular complexity index is 944. The van der Waals surface area contributed by atoms with E-state index in [1.165, 1.54) is 0 Å². The molecule has 0 fully saturated rings. The summed E-state index contributed by atoms with van der Waals surface area (Å²) in [6.45, 7) is 0. The van der Waals surface area contributed by atoms with Gasteiger partial charge in [-0.2, -0.15) is 5.10 Å². The predicted molar refractivity (Wildman–Crippen MR) is 99.6 cm³/mol. The number of aromatic nitrogens is 4. The summed E-state index contributed by atoms with van der Waals surface area (Å²) < 4.78 is 8.11. The van der Waals surface area contributed by atoms with Crippen LogP contribution >= 0.6 is 0 Å². The number of hydrogen-bond donors (Lipinski definition) is 0. The Morgan fingerprint density at radius 3 is 2.04 bits per heavy atom. The van der Waals surface area contributed by atoms with Crippen molar-refractivity contribution >= 4 is 0 Å².